The summed E-state index contributed by atoms with van der Waals surface area (Å²) in [5, 5.41) is 0. The highest BCUT2D eigenvalue weighted by Crippen LogP contribution is 2.24. The standard InChI is InChI=1S/C8H12/c1-7-5-3-4-6-8(7)2/h1-6H2. The van der Waals surface area contributed by atoms with E-state index in [0.29, 0.717) is 0 Å². The van der Waals surface area contributed by atoms with Gasteiger partial charge >= 0.3 is 0 Å². The van der Waals surface area contributed by atoms with Gasteiger partial charge in [0.2, 0.25) is 0 Å². The Morgan fingerprint density at radius 1 is 0.875 bits per heavy atom. The maximum Gasteiger partial charge on any atom is -0.0282 e. The maximum atomic E-state index is 3.90. The normalized spacial score (nSPS) is 21.5. The van der Waals surface area contributed by atoms with Crippen LogP contribution in [0.15, 0.2) is 24.3 Å². The van der Waals surface area contributed by atoms with Gasteiger partial charge in [-0.05, 0) is 25.7 Å². The summed E-state index contributed by atoms with van der Waals surface area (Å²) in [5.41, 5.74) is 2.55. The van der Waals surface area contributed by atoms with Crippen LogP contribution in [0.1, 0.15) is 25.7 Å². The molecule has 0 heteroatoms. The fourth-order valence-electron chi connectivity index (χ4n) is 1.03. The third-order valence-electron chi connectivity index (χ3n) is 1.71. The molecule has 1 fully saturated rings. The van der Waals surface area contributed by atoms with Crippen molar-refractivity contribution in [2.75, 3.05) is 0 Å². The fraction of sp³-hybridized carbons (Fsp3) is 0.500. The van der Waals surface area contributed by atoms with Gasteiger partial charge in [-0.15, -0.1) is 0 Å². The largest absolute Gasteiger partial charge is 0.0956 e. The summed E-state index contributed by atoms with van der Waals surface area (Å²) >= 11 is 0. The van der Waals surface area contributed by atoms with Gasteiger partial charge in [0, 0.05) is 0 Å². The van der Waals surface area contributed by atoms with Crippen LogP contribution in [0.4, 0.5) is 0 Å². The summed E-state index contributed by atoms with van der Waals surface area (Å²) < 4.78 is 0. The molecule has 0 bridgehead atoms. The molecule has 1 rings (SSSR count). The molecular formula is C8H12. The second-order valence-electron chi connectivity index (χ2n) is 2.41. The summed E-state index contributed by atoms with van der Waals surface area (Å²) in [6.07, 6.45) is 4.99. The molecule has 0 aromatic carbocycles. The quantitative estimate of drug-likeness (QED) is 0.447. The van der Waals surface area contributed by atoms with E-state index in [0.717, 1.165) is 0 Å². The first-order chi connectivity index (χ1) is 3.80. The molecule has 0 radical (unpaired) electrons. The zero-order valence-electron chi connectivity index (χ0n) is 5.24. The molecule has 0 aromatic rings. The molecule has 0 saturated heterocycles. The minimum absolute atomic E-state index is 1.18. The van der Waals surface area contributed by atoms with E-state index in [9.17, 15) is 0 Å². The van der Waals surface area contributed by atoms with E-state index >= 15 is 0 Å². The van der Waals surface area contributed by atoms with E-state index in [-0.39, 0.29) is 0 Å². The zero-order chi connectivity index (χ0) is 5.98. The van der Waals surface area contributed by atoms with Crippen LogP contribution < -0.4 is 0 Å². The number of hydrogen-bond donors (Lipinski definition) is 0. The molecule has 0 unspecified atom stereocenters. The Kier molecular flexibility index (Phi) is 1.52. The predicted molar refractivity (Wildman–Crippen MR) is 36.7 cm³/mol. The third kappa shape index (κ3) is 1.00. The fourth-order valence-corrected chi connectivity index (χ4v) is 1.03. The Morgan fingerprint density at radius 2 is 1.25 bits per heavy atom. The van der Waals surface area contributed by atoms with Crippen molar-refractivity contribution in [2.45, 2.75) is 25.7 Å². The molecule has 0 N–H and O–H groups in total. The van der Waals surface area contributed by atoms with Crippen LogP contribution in [0, 0.1) is 0 Å². The molecule has 1 aliphatic rings. The summed E-state index contributed by atoms with van der Waals surface area (Å²) in [6, 6.07) is 0. The van der Waals surface area contributed by atoms with Crippen LogP contribution >= 0.6 is 0 Å². The monoisotopic (exact) mass is 108 g/mol. The van der Waals surface area contributed by atoms with Gasteiger partial charge in [0.15, 0.2) is 0 Å². The molecule has 0 atom stereocenters. The van der Waals surface area contributed by atoms with Crippen molar-refractivity contribution in [1.82, 2.24) is 0 Å². The van der Waals surface area contributed by atoms with Crippen molar-refractivity contribution < 1.29 is 0 Å². The van der Waals surface area contributed by atoms with E-state index in [2.05, 4.69) is 13.2 Å². The second-order valence-corrected chi connectivity index (χ2v) is 2.41. The van der Waals surface area contributed by atoms with Crippen molar-refractivity contribution in [1.29, 1.82) is 0 Å². The van der Waals surface area contributed by atoms with Crippen molar-refractivity contribution in [3.63, 3.8) is 0 Å². The lowest BCUT2D eigenvalue weighted by molar-refractivity contribution is 0.682. The SMILES string of the molecule is C=C1CCCCC1=C. The van der Waals surface area contributed by atoms with Crippen LogP contribution in [-0.4, -0.2) is 0 Å². The molecule has 1 aliphatic carbocycles. The lowest BCUT2D eigenvalue weighted by atomic mass is 9.92. The maximum absolute atomic E-state index is 3.90. The van der Waals surface area contributed by atoms with E-state index in [1.165, 1.54) is 36.8 Å². The Hall–Kier alpha value is -0.520. The highest BCUT2D eigenvalue weighted by atomic mass is 14.1. The van der Waals surface area contributed by atoms with E-state index < -0.39 is 0 Å². The molecule has 0 spiro atoms. The smallest absolute Gasteiger partial charge is 0.0282 e. The van der Waals surface area contributed by atoms with Crippen molar-refractivity contribution in [3.8, 4) is 0 Å². The first-order valence-electron chi connectivity index (χ1n) is 3.16. The molecule has 44 valence electrons. The van der Waals surface area contributed by atoms with Crippen LogP contribution in [0.25, 0.3) is 0 Å². The van der Waals surface area contributed by atoms with Gasteiger partial charge in [0.05, 0.1) is 0 Å². The first kappa shape index (κ1) is 5.61. The molecule has 0 nitrogen and oxygen atoms in total. The summed E-state index contributed by atoms with van der Waals surface area (Å²) in [5.74, 6) is 0. The molecule has 0 heterocycles. The van der Waals surface area contributed by atoms with Gasteiger partial charge < -0.3 is 0 Å². The van der Waals surface area contributed by atoms with E-state index in [4.69, 9.17) is 0 Å². The Balaban J connectivity index is 2.52. The van der Waals surface area contributed by atoms with E-state index in [1.54, 1.807) is 0 Å². The first-order valence-corrected chi connectivity index (χ1v) is 3.16. The van der Waals surface area contributed by atoms with Gasteiger partial charge in [-0.3, -0.25) is 0 Å². The highest BCUT2D eigenvalue weighted by molar-refractivity contribution is 5.26. The minimum atomic E-state index is 1.18. The lowest BCUT2D eigenvalue weighted by Crippen LogP contribution is -1.94. The number of rotatable bonds is 0. The number of allylic oxidation sites excluding steroid dienone is 2. The molecule has 0 aromatic heterocycles. The zero-order valence-corrected chi connectivity index (χ0v) is 5.24. The van der Waals surface area contributed by atoms with Crippen molar-refractivity contribution >= 4 is 0 Å². The minimum Gasteiger partial charge on any atom is -0.0956 e. The van der Waals surface area contributed by atoms with Crippen LogP contribution in [-0.2, 0) is 0 Å². The average molecular weight is 108 g/mol. The van der Waals surface area contributed by atoms with Gasteiger partial charge in [0.25, 0.3) is 0 Å². The third-order valence-corrected chi connectivity index (χ3v) is 1.71. The molecule has 0 amide bonds. The van der Waals surface area contributed by atoms with Gasteiger partial charge in [-0.2, -0.15) is 0 Å². The molecule has 8 heavy (non-hydrogen) atoms. The molecule has 0 aliphatic heterocycles. The molecular weight excluding hydrogens is 96.1 g/mol. The Bertz CT molecular complexity index is 104. The predicted octanol–water partition coefficient (Wildman–Crippen LogP) is 2.67. The summed E-state index contributed by atoms with van der Waals surface area (Å²) in [4.78, 5) is 0. The van der Waals surface area contributed by atoms with Crippen LogP contribution in [0.2, 0.25) is 0 Å². The average Bonchev–Trinajstić information content (AvgIpc) is 1.77. The lowest BCUT2D eigenvalue weighted by Gasteiger charge is -2.14. The van der Waals surface area contributed by atoms with Gasteiger partial charge in [-0.25, -0.2) is 0 Å². The van der Waals surface area contributed by atoms with E-state index in [1.807, 2.05) is 0 Å². The van der Waals surface area contributed by atoms with Crippen molar-refractivity contribution in [2.24, 2.45) is 0 Å². The summed E-state index contributed by atoms with van der Waals surface area (Å²) in [6.45, 7) is 7.79. The Morgan fingerprint density at radius 3 is 1.50 bits per heavy atom. The van der Waals surface area contributed by atoms with Crippen LogP contribution in [0.3, 0.4) is 0 Å². The van der Waals surface area contributed by atoms with Crippen LogP contribution in [0.5, 0.6) is 0 Å². The highest BCUT2D eigenvalue weighted by Gasteiger charge is 2.05. The Labute approximate surface area is 50.9 Å². The summed E-state index contributed by atoms with van der Waals surface area (Å²) in [7, 11) is 0. The topological polar surface area (TPSA) is 0 Å². The van der Waals surface area contributed by atoms with Crippen molar-refractivity contribution in [3.05, 3.63) is 24.3 Å². The molecule has 1 saturated carbocycles. The van der Waals surface area contributed by atoms with Gasteiger partial charge in [0.1, 0.15) is 0 Å². The van der Waals surface area contributed by atoms with Gasteiger partial charge in [-0.1, -0.05) is 24.3 Å². The second kappa shape index (κ2) is 2.17. The number of hydrogen-bond acceptors (Lipinski definition) is 0.